The third kappa shape index (κ3) is 3.38. The quantitative estimate of drug-likeness (QED) is 0.916. The van der Waals surface area contributed by atoms with Crippen molar-refractivity contribution in [2.45, 2.75) is 27.4 Å². The topological polar surface area (TPSA) is 46.5 Å². The molecule has 0 unspecified atom stereocenters. The van der Waals surface area contributed by atoms with Gasteiger partial charge in [0.1, 0.15) is 12.4 Å². The number of benzene rings is 2. The molecule has 0 spiro atoms. The van der Waals surface area contributed by atoms with Crippen LogP contribution in [0.15, 0.2) is 36.4 Å². The lowest BCUT2D eigenvalue weighted by Gasteiger charge is -2.10. The summed E-state index contributed by atoms with van der Waals surface area (Å²) < 4.78 is 5.79. The maximum Gasteiger partial charge on any atom is 0.335 e. The van der Waals surface area contributed by atoms with E-state index in [-0.39, 0.29) is 0 Å². The highest BCUT2D eigenvalue weighted by molar-refractivity contribution is 5.87. The van der Waals surface area contributed by atoms with Gasteiger partial charge < -0.3 is 9.84 Å². The molecule has 2 aromatic carbocycles. The number of ether oxygens (including phenoxy) is 1. The normalized spacial score (nSPS) is 10.3. The van der Waals surface area contributed by atoms with Crippen molar-refractivity contribution in [2.24, 2.45) is 0 Å². The largest absolute Gasteiger partial charge is 0.489 e. The average molecular weight is 270 g/mol. The molecule has 0 aliphatic heterocycles. The lowest BCUT2D eigenvalue weighted by atomic mass is 10.1. The van der Waals surface area contributed by atoms with E-state index in [0.717, 1.165) is 28.0 Å². The lowest BCUT2D eigenvalue weighted by molar-refractivity contribution is 0.0696. The molecule has 0 saturated carbocycles. The summed E-state index contributed by atoms with van der Waals surface area (Å²) in [7, 11) is 0. The first-order chi connectivity index (χ1) is 9.45. The van der Waals surface area contributed by atoms with Crippen molar-refractivity contribution in [2.75, 3.05) is 0 Å². The minimum Gasteiger partial charge on any atom is -0.489 e. The summed E-state index contributed by atoms with van der Waals surface area (Å²) in [5.74, 6) is -0.0703. The number of rotatable bonds is 4. The van der Waals surface area contributed by atoms with Crippen LogP contribution >= 0.6 is 0 Å². The Kier molecular flexibility index (Phi) is 4.08. The summed E-state index contributed by atoms with van der Waals surface area (Å²) in [6, 6.07) is 11.2. The van der Waals surface area contributed by atoms with Crippen LogP contribution < -0.4 is 4.74 Å². The zero-order valence-corrected chi connectivity index (χ0v) is 11.9. The average Bonchev–Trinajstić information content (AvgIpc) is 2.36. The van der Waals surface area contributed by atoms with E-state index in [4.69, 9.17) is 9.84 Å². The van der Waals surface area contributed by atoms with Crippen molar-refractivity contribution in [1.29, 1.82) is 0 Å². The maximum atomic E-state index is 10.9. The molecule has 1 N–H and O–H groups in total. The number of aryl methyl sites for hydroxylation is 3. The molecule has 0 fully saturated rings. The summed E-state index contributed by atoms with van der Waals surface area (Å²) in [6.07, 6.45) is 0. The molecule has 2 rings (SSSR count). The van der Waals surface area contributed by atoms with E-state index in [1.165, 1.54) is 0 Å². The molecule has 0 aliphatic rings. The molecule has 0 bridgehead atoms. The fourth-order valence-corrected chi connectivity index (χ4v) is 2.17. The van der Waals surface area contributed by atoms with Gasteiger partial charge in [0.05, 0.1) is 5.56 Å². The highest BCUT2D eigenvalue weighted by Crippen LogP contribution is 2.19. The van der Waals surface area contributed by atoms with Crippen molar-refractivity contribution in [3.8, 4) is 5.75 Å². The molecule has 3 heteroatoms. The third-order valence-corrected chi connectivity index (χ3v) is 3.18. The Balaban J connectivity index is 2.12. The predicted molar refractivity (Wildman–Crippen MR) is 78.4 cm³/mol. The van der Waals surface area contributed by atoms with Crippen LogP contribution in [0, 0.1) is 20.8 Å². The van der Waals surface area contributed by atoms with Gasteiger partial charge in [-0.2, -0.15) is 0 Å². The Morgan fingerprint density at radius 2 is 1.70 bits per heavy atom. The van der Waals surface area contributed by atoms with E-state index in [1.807, 2.05) is 32.9 Å². The van der Waals surface area contributed by atoms with Crippen LogP contribution in [0.2, 0.25) is 0 Å². The molecular formula is C17H18O3. The van der Waals surface area contributed by atoms with Crippen molar-refractivity contribution in [1.82, 2.24) is 0 Å². The Hall–Kier alpha value is -2.29. The minimum absolute atomic E-state index is 0.303. The minimum atomic E-state index is -0.908. The maximum absolute atomic E-state index is 10.9. The molecular weight excluding hydrogens is 252 g/mol. The first kappa shape index (κ1) is 14.1. The SMILES string of the molecule is Cc1cc(C)cc(OCc2ccc(C(=O)O)cc2C)c1. The number of hydrogen-bond donors (Lipinski definition) is 1. The second kappa shape index (κ2) is 5.78. The van der Waals surface area contributed by atoms with Gasteiger partial charge in [0.2, 0.25) is 0 Å². The van der Waals surface area contributed by atoms with Crippen LogP contribution in [-0.2, 0) is 6.61 Å². The zero-order valence-electron chi connectivity index (χ0n) is 11.9. The monoisotopic (exact) mass is 270 g/mol. The Bertz CT molecular complexity index is 624. The lowest BCUT2D eigenvalue weighted by Crippen LogP contribution is -2.02. The van der Waals surface area contributed by atoms with Crippen molar-refractivity contribution >= 4 is 5.97 Å². The van der Waals surface area contributed by atoms with Gasteiger partial charge in [-0.05, 0) is 67.3 Å². The zero-order chi connectivity index (χ0) is 14.7. The van der Waals surface area contributed by atoms with Crippen LogP contribution in [0.25, 0.3) is 0 Å². The summed E-state index contributed by atoms with van der Waals surface area (Å²) in [4.78, 5) is 10.9. The first-order valence-electron chi connectivity index (χ1n) is 6.49. The summed E-state index contributed by atoms with van der Waals surface area (Å²) in [5, 5.41) is 8.94. The molecule has 0 aliphatic carbocycles. The molecule has 0 heterocycles. The molecule has 2 aromatic rings. The molecule has 0 saturated heterocycles. The van der Waals surface area contributed by atoms with Crippen LogP contribution in [0.4, 0.5) is 0 Å². The molecule has 0 aromatic heterocycles. The van der Waals surface area contributed by atoms with Gasteiger partial charge in [0.25, 0.3) is 0 Å². The van der Waals surface area contributed by atoms with Crippen molar-refractivity contribution in [3.05, 3.63) is 64.2 Å². The predicted octanol–water partition coefficient (Wildman–Crippen LogP) is 3.89. The smallest absolute Gasteiger partial charge is 0.335 e. The van der Waals surface area contributed by atoms with Crippen LogP contribution in [0.1, 0.15) is 32.6 Å². The third-order valence-electron chi connectivity index (χ3n) is 3.18. The fourth-order valence-electron chi connectivity index (χ4n) is 2.17. The van der Waals surface area contributed by atoms with E-state index < -0.39 is 5.97 Å². The van der Waals surface area contributed by atoms with Gasteiger partial charge in [-0.25, -0.2) is 4.79 Å². The van der Waals surface area contributed by atoms with Crippen LogP contribution in [0.3, 0.4) is 0 Å². The second-order valence-electron chi connectivity index (χ2n) is 5.06. The Labute approximate surface area is 118 Å². The van der Waals surface area contributed by atoms with E-state index in [2.05, 4.69) is 6.07 Å². The van der Waals surface area contributed by atoms with Gasteiger partial charge in [0.15, 0.2) is 0 Å². The summed E-state index contributed by atoms with van der Waals surface area (Å²) in [6.45, 7) is 6.40. The standard InChI is InChI=1S/C17H18O3/c1-11-6-12(2)8-16(7-11)20-10-15-5-4-14(17(18)19)9-13(15)3/h4-9H,10H2,1-3H3,(H,18,19). The van der Waals surface area contributed by atoms with E-state index in [1.54, 1.807) is 18.2 Å². The highest BCUT2D eigenvalue weighted by atomic mass is 16.5. The molecule has 0 atom stereocenters. The molecule has 104 valence electrons. The molecule has 3 nitrogen and oxygen atoms in total. The highest BCUT2D eigenvalue weighted by Gasteiger charge is 2.06. The Morgan fingerprint density at radius 3 is 2.25 bits per heavy atom. The van der Waals surface area contributed by atoms with E-state index >= 15 is 0 Å². The number of hydrogen-bond acceptors (Lipinski definition) is 2. The number of carbonyl (C=O) groups is 1. The number of carboxylic acids is 1. The number of carboxylic acid groups (broad SMARTS) is 1. The van der Waals surface area contributed by atoms with Gasteiger partial charge in [-0.3, -0.25) is 0 Å². The van der Waals surface area contributed by atoms with Crippen molar-refractivity contribution in [3.63, 3.8) is 0 Å². The molecule has 20 heavy (non-hydrogen) atoms. The second-order valence-corrected chi connectivity index (χ2v) is 5.06. The van der Waals surface area contributed by atoms with Gasteiger partial charge >= 0.3 is 5.97 Å². The van der Waals surface area contributed by atoms with Crippen LogP contribution in [-0.4, -0.2) is 11.1 Å². The van der Waals surface area contributed by atoms with Crippen LogP contribution in [0.5, 0.6) is 5.75 Å². The molecule has 0 amide bonds. The summed E-state index contributed by atoms with van der Waals surface area (Å²) in [5.41, 5.74) is 4.55. The number of aromatic carboxylic acids is 1. The first-order valence-corrected chi connectivity index (χ1v) is 6.49. The van der Waals surface area contributed by atoms with Crippen molar-refractivity contribution < 1.29 is 14.6 Å². The Morgan fingerprint density at radius 1 is 1.05 bits per heavy atom. The van der Waals surface area contributed by atoms with Gasteiger partial charge in [-0.1, -0.05) is 12.1 Å². The fraction of sp³-hybridized carbons (Fsp3) is 0.235. The van der Waals surface area contributed by atoms with E-state index in [9.17, 15) is 4.79 Å². The summed E-state index contributed by atoms with van der Waals surface area (Å²) >= 11 is 0. The molecule has 0 radical (unpaired) electrons. The van der Waals surface area contributed by atoms with Gasteiger partial charge in [0, 0.05) is 0 Å². The van der Waals surface area contributed by atoms with E-state index in [0.29, 0.717) is 12.2 Å². The van der Waals surface area contributed by atoms with Gasteiger partial charge in [-0.15, -0.1) is 0 Å².